The number of aliphatic carboxylic acids is 1. The Morgan fingerprint density at radius 2 is 2.04 bits per heavy atom. The van der Waals surface area contributed by atoms with Crippen LogP contribution in [0.25, 0.3) is 11.0 Å². The van der Waals surface area contributed by atoms with Crippen LogP contribution in [0.15, 0.2) is 44.4 Å². The fourth-order valence-corrected chi connectivity index (χ4v) is 4.26. The van der Waals surface area contributed by atoms with Gasteiger partial charge in [0.2, 0.25) is 10.0 Å². The molecule has 0 aliphatic carbocycles. The van der Waals surface area contributed by atoms with Gasteiger partial charge in [0.15, 0.2) is 0 Å². The maximum atomic E-state index is 12.7. The third kappa shape index (κ3) is 2.64. The van der Waals surface area contributed by atoms with E-state index in [4.69, 9.17) is 4.42 Å². The van der Waals surface area contributed by atoms with Crippen LogP contribution in [0.2, 0.25) is 0 Å². The summed E-state index contributed by atoms with van der Waals surface area (Å²) in [6.45, 7) is 1.64. The summed E-state index contributed by atoms with van der Waals surface area (Å²) in [5.74, 6) is -1.00. The Morgan fingerprint density at radius 3 is 2.70 bits per heavy atom. The highest BCUT2D eigenvalue weighted by atomic mass is 32.2. The highest BCUT2D eigenvalue weighted by Gasteiger charge is 2.44. The molecule has 2 aromatic rings. The largest absolute Gasteiger partial charge is 0.481 e. The van der Waals surface area contributed by atoms with Crippen molar-refractivity contribution in [1.82, 2.24) is 4.31 Å². The molecule has 1 aromatic carbocycles. The third-order valence-corrected chi connectivity index (χ3v) is 6.02. The van der Waals surface area contributed by atoms with Gasteiger partial charge in [-0.25, -0.2) is 13.2 Å². The van der Waals surface area contributed by atoms with Gasteiger partial charge in [0.05, 0.1) is 10.3 Å². The van der Waals surface area contributed by atoms with E-state index >= 15 is 0 Å². The SMILES string of the molecule is CC1(C(=O)O)CCN(S(=O)(=O)c2ccc3oc(=O)ccc3c2)C1. The van der Waals surface area contributed by atoms with Crippen molar-refractivity contribution in [3.63, 3.8) is 0 Å². The second-order valence-electron chi connectivity index (χ2n) is 5.91. The van der Waals surface area contributed by atoms with E-state index in [0.29, 0.717) is 11.0 Å². The van der Waals surface area contributed by atoms with Crippen molar-refractivity contribution in [3.8, 4) is 0 Å². The molecule has 1 unspecified atom stereocenters. The van der Waals surface area contributed by atoms with Gasteiger partial charge < -0.3 is 9.52 Å². The Bertz CT molecular complexity index is 948. The highest BCUT2D eigenvalue weighted by molar-refractivity contribution is 7.89. The first-order chi connectivity index (χ1) is 10.7. The first-order valence-corrected chi connectivity index (χ1v) is 8.44. The van der Waals surface area contributed by atoms with Gasteiger partial charge in [-0.2, -0.15) is 4.31 Å². The lowest BCUT2D eigenvalue weighted by atomic mass is 9.90. The fraction of sp³-hybridized carbons (Fsp3) is 0.333. The number of rotatable bonds is 3. The van der Waals surface area contributed by atoms with Crippen molar-refractivity contribution < 1.29 is 22.7 Å². The van der Waals surface area contributed by atoms with Crippen molar-refractivity contribution in [2.24, 2.45) is 5.41 Å². The topological polar surface area (TPSA) is 105 Å². The summed E-state index contributed by atoms with van der Waals surface area (Å²) >= 11 is 0. The molecule has 1 aromatic heterocycles. The molecule has 1 N–H and O–H groups in total. The first kappa shape index (κ1) is 15.7. The van der Waals surface area contributed by atoms with E-state index in [-0.39, 0.29) is 24.4 Å². The Balaban J connectivity index is 1.99. The first-order valence-electron chi connectivity index (χ1n) is 7.00. The zero-order valence-corrected chi connectivity index (χ0v) is 13.2. The lowest BCUT2D eigenvalue weighted by Crippen LogP contribution is -2.34. The summed E-state index contributed by atoms with van der Waals surface area (Å²) in [4.78, 5) is 22.5. The van der Waals surface area contributed by atoms with Gasteiger partial charge in [0, 0.05) is 24.5 Å². The van der Waals surface area contributed by atoms with E-state index in [9.17, 15) is 23.1 Å². The normalized spacial score (nSPS) is 22.5. The summed E-state index contributed by atoms with van der Waals surface area (Å²) in [5, 5.41) is 9.72. The summed E-state index contributed by atoms with van der Waals surface area (Å²) < 4.78 is 31.6. The van der Waals surface area contributed by atoms with Gasteiger partial charge in [0.1, 0.15) is 5.58 Å². The number of hydrogen-bond acceptors (Lipinski definition) is 5. The maximum Gasteiger partial charge on any atom is 0.336 e. The zero-order chi connectivity index (χ0) is 16.8. The number of benzene rings is 1. The molecule has 0 spiro atoms. The van der Waals surface area contributed by atoms with Crippen molar-refractivity contribution in [1.29, 1.82) is 0 Å². The van der Waals surface area contributed by atoms with Gasteiger partial charge in [-0.3, -0.25) is 4.79 Å². The van der Waals surface area contributed by atoms with Crippen LogP contribution in [-0.4, -0.2) is 36.9 Å². The molecule has 8 heteroatoms. The molecule has 2 heterocycles. The molecule has 1 fully saturated rings. The Kier molecular flexibility index (Phi) is 3.53. The average molecular weight is 337 g/mol. The molecule has 1 aliphatic rings. The molecule has 3 rings (SSSR count). The van der Waals surface area contributed by atoms with Crippen LogP contribution in [0, 0.1) is 5.41 Å². The van der Waals surface area contributed by atoms with Crippen molar-refractivity contribution in [2.75, 3.05) is 13.1 Å². The quantitative estimate of drug-likeness (QED) is 0.846. The van der Waals surface area contributed by atoms with Crippen LogP contribution >= 0.6 is 0 Å². The fourth-order valence-electron chi connectivity index (χ4n) is 2.66. The number of hydrogen-bond donors (Lipinski definition) is 1. The molecule has 0 radical (unpaired) electrons. The van der Waals surface area contributed by atoms with E-state index < -0.39 is 27.0 Å². The zero-order valence-electron chi connectivity index (χ0n) is 12.4. The molecule has 122 valence electrons. The second kappa shape index (κ2) is 5.17. The van der Waals surface area contributed by atoms with Crippen molar-refractivity contribution in [3.05, 3.63) is 40.8 Å². The minimum Gasteiger partial charge on any atom is -0.481 e. The molecule has 0 saturated carbocycles. The summed E-state index contributed by atoms with van der Waals surface area (Å²) in [6, 6.07) is 6.92. The molecule has 1 saturated heterocycles. The van der Waals surface area contributed by atoms with Gasteiger partial charge >= 0.3 is 11.6 Å². The van der Waals surface area contributed by atoms with Crippen LogP contribution in [0.4, 0.5) is 0 Å². The molecule has 0 bridgehead atoms. The summed E-state index contributed by atoms with van der Waals surface area (Å²) in [6.07, 6.45) is 0.268. The van der Waals surface area contributed by atoms with Crippen molar-refractivity contribution >= 4 is 27.0 Å². The van der Waals surface area contributed by atoms with Crippen LogP contribution in [0.1, 0.15) is 13.3 Å². The summed E-state index contributed by atoms with van der Waals surface area (Å²) in [7, 11) is -3.79. The molecular formula is C15H15NO6S. The third-order valence-electron chi connectivity index (χ3n) is 4.18. The van der Waals surface area contributed by atoms with E-state index in [1.807, 2.05) is 0 Å². The molecule has 23 heavy (non-hydrogen) atoms. The highest BCUT2D eigenvalue weighted by Crippen LogP contribution is 2.34. The van der Waals surface area contributed by atoms with Crippen LogP contribution in [0.3, 0.4) is 0 Å². The number of nitrogens with zero attached hydrogens (tertiary/aromatic N) is 1. The minimum atomic E-state index is -3.79. The summed E-state index contributed by atoms with van der Waals surface area (Å²) in [5.41, 5.74) is -1.28. The molecule has 1 atom stereocenters. The molecule has 1 aliphatic heterocycles. The van der Waals surface area contributed by atoms with E-state index in [1.165, 1.54) is 34.6 Å². The van der Waals surface area contributed by atoms with Gasteiger partial charge in [-0.1, -0.05) is 0 Å². The Morgan fingerprint density at radius 1 is 1.30 bits per heavy atom. The van der Waals surface area contributed by atoms with Crippen LogP contribution in [-0.2, 0) is 14.8 Å². The smallest absolute Gasteiger partial charge is 0.336 e. The van der Waals surface area contributed by atoms with E-state index in [2.05, 4.69) is 0 Å². The van der Waals surface area contributed by atoms with Crippen LogP contribution < -0.4 is 5.63 Å². The van der Waals surface area contributed by atoms with Crippen LogP contribution in [0.5, 0.6) is 0 Å². The monoisotopic (exact) mass is 337 g/mol. The number of carbonyl (C=O) groups is 1. The lowest BCUT2D eigenvalue weighted by molar-refractivity contribution is -0.146. The van der Waals surface area contributed by atoms with Crippen molar-refractivity contribution in [2.45, 2.75) is 18.2 Å². The predicted octanol–water partition coefficient (Wildman–Crippen LogP) is 1.28. The Hall–Kier alpha value is -2.19. The Labute approximate surface area is 132 Å². The predicted molar refractivity (Wildman–Crippen MR) is 81.6 cm³/mol. The number of fused-ring (bicyclic) bond motifs is 1. The molecular weight excluding hydrogens is 322 g/mol. The molecule has 0 amide bonds. The molecule has 7 nitrogen and oxygen atoms in total. The lowest BCUT2D eigenvalue weighted by Gasteiger charge is -2.20. The van der Waals surface area contributed by atoms with Gasteiger partial charge in [0.25, 0.3) is 0 Å². The van der Waals surface area contributed by atoms with E-state index in [0.717, 1.165) is 0 Å². The van der Waals surface area contributed by atoms with Gasteiger partial charge in [-0.15, -0.1) is 0 Å². The average Bonchev–Trinajstić information content (AvgIpc) is 2.91. The number of carboxylic acids is 1. The second-order valence-corrected chi connectivity index (χ2v) is 7.85. The standard InChI is InChI=1S/C15H15NO6S/c1-15(14(18)19)6-7-16(9-15)23(20,21)11-3-4-12-10(8-11)2-5-13(17)22-12/h2-5,8H,6-7,9H2,1H3,(H,18,19). The minimum absolute atomic E-state index is 0.0495. The number of carboxylic acid groups (broad SMARTS) is 1. The van der Waals surface area contributed by atoms with E-state index in [1.54, 1.807) is 6.92 Å². The van der Waals surface area contributed by atoms with Gasteiger partial charge in [-0.05, 0) is 37.6 Å². The maximum absolute atomic E-state index is 12.7. The number of sulfonamides is 1.